The van der Waals surface area contributed by atoms with E-state index in [0.29, 0.717) is 11.3 Å². The van der Waals surface area contributed by atoms with Crippen LogP contribution in [0.15, 0.2) is 65.6 Å². The van der Waals surface area contributed by atoms with Gasteiger partial charge in [-0.3, -0.25) is 9.52 Å². The number of methoxy groups -OCH3 is 2. The summed E-state index contributed by atoms with van der Waals surface area (Å²) in [6, 6.07) is 14.9. The van der Waals surface area contributed by atoms with E-state index < -0.39 is 27.9 Å². The molecule has 0 aliphatic rings. The van der Waals surface area contributed by atoms with Gasteiger partial charge in [-0.25, -0.2) is 18.0 Å². The number of hydrogen-bond donors (Lipinski definition) is 2. The number of rotatable bonds is 7. The van der Waals surface area contributed by atoms with E-state index in [1.54, 1.807) is 19.1 Å². The second-order valence-corrected chi connectivity index (χ2v) is 9.37. The summed E-state index contributed by atoms with van der Waals surface area (Å²) >= 11 is 0. The van der Waals surface area contributed by atoms with Gasteiger partial charge in [0, 0.05) is 11.3 Å². The van der Waals surface area contributed by atoms with Crippen molar-refractivity contribution < 1.29 is 32.3 Å². The zero-order chi connectivity index (χ0) is 25.8. The van der Waals surface area contributed by atoms with Crippen molar-refractivity contribution in [1.82, 2.24) is 0 Å². The predicted octanol–water partition coefficient (Wildman–Crippen LogP) is 3.93. The summed E-state index contributed by atoms with van der Waals surface area (Å²) in [5.74, 6) is -1.90. The minimum absolute atomic E-state index is 0.0581. The van der Waals surface area contributed by atoms with Crippen LogP contribution in [0.4, 0.5) is 11.4 Å². The number of benzene rings is 3. The van der Waals surface area contributed by atoms with Gasteiger partial charge in [0.05, 0.1) is 35.9 Å². The second kappa shape index (κ2) is 10.4. The number of hydrogen-bond acceptors (Lipinski definition) is 7. The third kappa shape index (κ3) is 6.04. The number of carbonyl (C=O) groups excluding carboxylic acids is 3. The van der Waals surface area contributed by atoms with E-state index in [-0.39, 0.29) is 27.3 Å². The van der Waals surface area contributed by atoms with Gasteiger partial charge in [0.2, 0.25) is 0 Å². The Morgan fingerprint density at radius 2 is 1.31 bits per heavy atom. The molecule has 0 saturated heterocycles. The molecule has 182 valence electrons. The zero-order valence-corrected chi connectivity index (χ0v) is 20.4. The number of nitrogens with one attached hydrogen (secondary N) is 2. The molecule has 9 nitrogen and oxygen atoms in total. The zero-order valence-electron chi connectivity index (χ0n) is 19.5. The van der Waals surface area contributed by atoms with Crippen LogP contribution in [0.5, 0.6) is 0 Å². The molecule has 2 N–H and O–H groups in total. The molecule has 0 bridgehead atoms. The van der Waals surface area contributed by atoms with Crippen molar-refractivity contribution in [2.45, 2.75) is 18.7 Å². The van der Waals surface area contributed by atoms with Gasteiger partial charge in [0.15, 0.2) is 0 Å². The van der Waals surface area contributed by atoms with Crippen molar-refractivity contribution in [3.63, 3.8) is 0 Å². The standard InChI is InChI=1S/C25H24N2O7S/c1-15-5-8-21(9-6-15)35(31,32)27-22-10-7-17(11-16(22)2)23(28)26-20-13-18(24(29)33-3)12-19(14-20)25(30)34-4/h5-14,27H,1-4H3,(H,26,28). The second-order valence-electron chi connectivity index (χ2n) is 7.68. The molecule has 0 aromatic heterocycles. The smallest absolute Gasteiger partial charge is 0.337 e. The number of aryl methyl sites for hydroxylation is 2. The number of carbonyl (C=O) groups is 3. The van der Waals surface area contributed by atoms with E-state index in [0.717, 1.165) is 5.56 Å². The molecule has 35 heavy (non-hydrogen) atoms. The molecular formula is C25H24N2O7S. The molecule has 0 saturated carbocycles. The third-order valence-corrected chi connectivity index (χ3v) is 6.48. The highest BCUT2D eigenvalue weighted by molar-refractivity contribution is 7.92. The first-order valence-corrected chi connectivity index (χ1v) is 11.9. The van der Waals surface area contributed by atoms with E-state index in [1.807, 2.05) is 6.92 Å². The maximum Gasteiger partial charge on any atom is 0.337 e. The van der Waals surface area contributed by atoms with Gasteiger partial charge in [-0.1, -0.05) is 17.7 Å². The molecule has 1 amide bonds. The Labute approximate surface area is 203 Å². The fourth-order valence-corrected chi connectivity index (χ4v) is 4.35. The molecule has 0 unspecified atom stereocenters. The topological polar surface area (TPSA) is 128 Å². The van der Waals surface area contributed by atoms with Crippen LogP contribution >= 0.6 is 0 Å². The van der Waals surface area contributed by atoms with E-state index in [1.165, 1.54) is 62.8 Å². The van der Waals surface area contributed by atoms with Crippen molar-refractivity contribution >= 4 is 39.2 Å². The number of amides is 1. The highest BCUT2D eigenvalue weighted by atomic mass is 32.2. The fourth-order valence-electron chi connectivity index (χ4n) is 3.21. The van der Waals surface area contributed by atoms with Gasteiger partial charge in [0.1, 0.15) is 0 Å². The summed E-state index contributed by atoms with van der Waals surface area (Å²) in [6.07, 6.45) is 0. The van der Waals surface area contributed by atoms with Crippen LogP contribution < -0.4 is 10.0 Å². The Kier molecular flexibility index (Phi) is 7.55. The van der Waals surface area contributed by atoms with Crippen molar-refractivity contribution in [2.75, 3.05) is 24.3 Å². The molecule has 0 atom stereocenters. The lowest BCUT2D eigenvalue weighted by Gasteiger charge is -2.13. The Bertz CT molecular complexity index is 1360. The molecule has 0 radical (unpaired) electrons. The van der Waals surface area contributed by atoms with Crippen molar-refractivity contribution in [2.24, 2.45) is 0 Å². The first-order valence-electron chi connectivity index (χ1n) is 10.4. The third-order valence-electron chi connectivity index (χ3n) is 5.10. The monoisotopic (exact) mass is 496 g/mol. The maximum atomic E-state index is 12.8. The number of anilines is 2. The summed E-state index contributed by atoms with van der Waals surface area (Å²) in [5, 5.41) is 2.63. The van der Waals surface area contributed by atoms with Crippen LogP contribution in [-0.2, 0) is 19.5 Å². The quantitative estimate of drug-likeness (QED) is 0.474. The average Bonchev–Trinajstić information content (AvgIpc) is 2.84. The fraction of sp³-hybridized carbons (Fsp3) is 0.160. The van der Waals surface area contributed by atoms with E-state index in [2.05, 4.69) is 10.0 Å². The van der Waals surface area contributed by atoms with E-state index >= 15 is 0 Å². The Hall–Kier alpha value is -4.18. The van der Waals surface area contributed by atoms with Gasteiger partial charge >= 0.3 is 11.9 Å². The van der Waals surface area contributed by atoms with Crippen LogP contribution in [-0.4, -0.2) is 40.5 Å². The number of sulfonamides is 1. The van der Waals surface area contributed by atoms with Crippen molar-refractivity contribution in [3.05, 3.63) is 88.5 Å². The number of ether oxygens (including phenoxy) is 2. The summed E-state index contributed by atoms with van der Waals surface area (Å²) in [5.41, 5.74) is 2.32. The predicted molar refractivity (Wildman–Crippen MR) is 130 cm³/mol. The normalized spacial score (nSPS) is 10.9. The summed E-state index contributed by atoms with van der Waals surface area (Å²) in [6.45, 7) is 3.52. The molecule has 0 aliphatic carbocycles. The summed E-state index contributed by atoms with van der Waals surface area (Å²) in [7, 11) is -1.41. The molecule has 0 fully saturated rings. The van der Waals surface area contributed by atoms with E-state index in [9.17, 15) is 22.8 Å². The Balaban J connectivity index is 1.83. The lowest BCUT2D eigenvalue weighted by molar-refractivity contribution is 0.0598. The highest BCUT2D eigenvalue weighted by Crippen LogP contribution is 2.23. The highest BCUT2D eigenvalue weighted by Gasteiger charge is 2.18. The van der Waals surface area contributed by atoms with Crippen LogP contribution in [0.25, 0.3) is 0 Å². The summed E-state index contributed by atoms with van der Waals surface area (Å²) < 4.78 is 37.3. The molecule has 3 rings (SSSR count). The molecular weight excluding hydrogens is 472 g/mol. The van der Waals surface area contributed by atoms with Crippen LogP contribution in [0, 0.1) is 13.8 Å². The number of esters is 2. The van der Waals surface area contributed by atoms with Gasteiger partial charge in [-0.2, -0.15) is 0 Å². The lowest BCUT2D eigenvalue weighted by Crippen LogP contribution is -2.16. The maximum absolute atomic E-state index is 12.8. The van der Waals surface area contributed by atoms with Gasteiger partial charge < -0.3 is 14.8 Å². The molecule has 0 heterocycles. The minimum atomic E-state index is -3.80. The van der Waals surface area contributed by atoms with Crippen LogP contribution in [0.2, 0.25) is 0 Å². The first kappa shape index (κ1) is 25.4. The van der Waals surface area contributed by atoms with Crippen molar-refractivity contribution in [1.29, 1.82) is 0 Å². The Morgan fingerprint density at radius 1 is 0.743 bits per heavy atom. The SMILES string of the molecule is COC(=O)c1cc(NC(=O)c2ccc(NS(=O)(=O)c3ccc(C)cc3)c(C)c2)cc(C(=O)OC)c1. The molecule has 0 aliphatic heterocycles. The minimum Gasteiger partial charge on any atom is -0.465 e. The molecule has 3 aromatic rings. The van der Waals surface area contributed by atoms with Gasteiger partial charge in [0.25, 0.3) is 15.9 Å². The lowest BCUT2D eigenvalue weighted by atomic mass is 10.1. The van der Waals surface area contributed by atoms with Crippen molar-refractivity contribution in [3.8, 4) is 0 Å². The van der Waals surface area contributed by atoms with Gasteiger partial charge in [-0.05, 0) is 67.9 Å². The van der Waals surface area contributed by atoms with E-state index in [4.69, 9.17) is 9.47 Å². The Morgan fingerprint density at radius 3 is 1.83 bits per heavy atom. The average molecular weight is 497 g/mol. The summed E-state index contributed by atoms with van der Waals surface area (Å²) in [4.78, 5) is 36.9. The first-order chi connectivity index (χ1) is 16.5. The van der Waals surface area contributed by atoms with Crippen LogP contribution in [0.1, 0.15) is 42.2 Å². The largest absolute Gasteiger partial charge is 0.465 e. The molecule has 10 heteroatoms. The van der Waals surface area contributed by atoms with Gasteiger partial charge in [-0.15, -0.1) is 0 Å². The molecule has 0 spiro atoms. The van der Waals surface area contributed by atoms with Crippen LogP contribution in [0.3, 0.4) is 0 Å². The molecule has 3 aromatic carbocycles.